The van der Waals surface area contributed by atoms with E-state index in [0.717, 1.165) is 6.54 Å². The van der Waals surface area contributed by atoms with Crippen molar-refractivity contribution in [3.05, 3.63) is 22.9 Å². The van der Waals surface area contributed by atoms with Gasteiger partial charge in [0, 0.05) is 32.2 Å². The van der Waals surface area contributed by atoms with E-state index in [1.807, 2.05) is 0 Å². The highest BCUT2D eigenvalue weighted by atomic mass is 16.2. The summed E-state index contributed by atoms with van der Waals surface area (Å²) >= 11 is 0. The summed E-state index contributed by atoms with van der Waals surface area (Å²) < 4.78 is 2.84. The summed E-state index contributed by atoms with van der Waals surface area (Å²) in [4.78, 5) is 30.9. The van der Waals surface area contributed by atoms with Gasteiger partial charge in [-0.15, -0.1) is 0 Å². The summed E-state index contributed by atoms with van der Waals surface area (Å²) in [5, 5.41) is 7.29. The van der Waals surface area contributed by atoms with Gasteiger partial charge >= 0.3 is 0 Å². The van der Waals surface area contributed by atoms with E-state index in [4.69, 9.17) is 0 Å². The average molecular weight is 334 g/mol. The molecule has 0 spiro atoms. The fraction of sp³-hybridized carbons (Fsp3) is 0.625. The van der Waals surface area contributed by atoms with Crippen LogP contribution in [0.15, 0.2) is 17.3 Å². The number of amides is 1. The number of carbonyl (C=O) groups is 1. The number of fused-ring (bicyclic) bond motifs is 1. The van der Waals surface area contributed by atoms with Crippen LogP contribution in [0.1, 0.15) is 27.7 Å². The van der Waals surface area contributed by atoms with Crippen LogP contribution in [0.3, 0.4) is 0 Å². The normalized spacial score (nSPS) is 11.8. The van der Waals surface area contributed by atoms with E-state index in [9.17, 15) is 9.59 Å². The largest absolute Gasteiger partial charge is 0.353 e. The molecule has 0 fully saturated rings. The minimum Gasteiger partial charge on any atom is -0.353 e. The molecule has 0 aromatic carbocycles. The second kappa shape index (κ2) is 7.57. The van der Waals surface area contributed by atoms with E-state index in [1.165, 1.54) is 21.8 Å². The van der Waals surface area contributed by atoms with Crippen LogP contribution in [0.25, 0.3) is 11.0 Å². The Morgan fingerprint density at radius 1 is 1.29 bits per heavy atom. The fourth-order valence-electron chi connectivity index (χ4n) is 2.83. The Morgan fingerprint density at radius 3 is 2.58 bits per heavy atom. The molecule has 24 heavy (non-hydrogen) atoms. The Labute approximate surface area is 141 Å². The molecule has 0 bridgehead atoms. The van der Waals surface area contributed by atoms with E-state index < -0.39 is 0 Å². The minimum absolute atomic E-state index is 0.0416. The molecular formula is C16H26N6O2. The van der Waals surface area contributed by atoms with Gasteiger partial charge in [-0.2, -0.15) is 5.10 Å². The lowest BCUT2D eigenvalue weighted by Crippen LogP contribution is -2.43. The van der Waals surface area contributed by atoms with Gasteiger partial charge in [-0.3, -0.25) is 23.7 Å². The summed E-state index contributed by atoms with van der Waals surface area (Å²) in [6, 6.07) is 0.836. The highest BCUT2D eigenvalue weighted by Gasteiger charge is 2.14. The van der Waals surface area contributed by atoms with Gasteiger partial charge in [0.1, 0.15) is 18.3 Å². The van der Waals surface area contributed by atoms with Crippen molar-refractivity contribution in [2.75, 3.05) is 13.1 Å². The zero-order valence-electron chi connectivity index (χ0n) is 15.0. The first-order chi connectivity index (χ1) is 11.3. The molecule has 0 saturated heterocycles. The maximum Gasteiger partial charge on any atom is 0.264 e. The summed E-state index contributed by atoms with van der Waals surface area (Å²) in [5.41, 5.74) is 0.260. The summed E-state index contributed by atoms with van der Waals surface area (Å²) in [7, 11) is 1.72. The second-order valence-corrected chi connectivity index (χ2v) is 6.46. The van der Waals surface area contributed by atoms with Gasteiger partial charge in [0.15, 0.2) is 5.65 Å². The summed E-state index contributed by atoms with van der Waals surface area (Å²) in [6.07, 6.45) is 2.86. The van der Waals surface area contributed by atoms with Crippen LogP contribution in [-0.4, -0.2) is 55.3 Å². The standard InChI is InChI=1S/C16H26N6O2/c1-11(2)22(12(3)4)7-6-17-14(23)9-21-10-18-15-13(16(21)24)8-19-20(15)5/h8,10-12H,6-7,9H2,1-5H3,(H,17,23). The summed E-state index contributed by atoms with van der Waals surface area (Å²) in [5.74, 6) is -0.199. The van der Waals surface area contributed by atoms with Crippen molar-refractivity contribution >= 4 is 16.9 Å². The van der Waals surface area contributed by atoms with Gasteiger partial charge < -0.3 is 5.32 Å². The van der Waals surface area contributed by atoms with E-state index >= 15 is 0 Å². The van der Waals surface area contributed by atoms with Gasteiger partial charge in [0.05, 0.1) is 6.20 Å². The molecule has 0 aliphatic carbocycles. The maximum absolute atomic E-state index is 12.3. The van der Waals surface area contributed by atoms with Crippen molar-refractivity contribution in [3.8, 4) is 0 Å². The first kappa shape index (κ1) is 18.1. The third-order valence-corrected chi connectivity index (χ3v) is 4.05. The highest BCUT2D eigenvalue weighted by Crippen LogP contribution is 2.04. The molecule has 0 saturated carbocycles. The lowest BCUT2D eigenvalue weighted by atomic mass is 10.2. The Balaban J connectivity index is 1.95. The molecule has 0 aliphatic rings. The van der Waals surface area contributed by atoms with Crippen LogP contribution >= 0.6 is 0 Å². The Kier molecular flexibility index (Phi) is 5.71. The van der Waals surface area contributed by atoms with Crippen LogP contribution in [-0.2, 0) is 18.4 Å². The first-order valence-electron chi connectivity index (χ1n) is 8.20. The van der Waals surface area contributed by atoms with Crippen molar-refractivity contribution in [2.24, 2.45) is 7.05 Å². The maximum atomic E-state index is 12.3. The Morgan fingerprint density at radius 2 is 1.96 bits per heavy atom. The third kappa shape index (κ3) is 4.00. The number of hydrogen-bond acceptors (Lipinski definition) is 5. The molecule has 132 valence electrons. The number of hydrogen-bond donors (Lipinski definition) is 1. The quantitative estimate of drug-likeness (QED) is 0.790. The van der Waals surface area contributed by atoms with Crippen molar-refractivity contribution in [3.63, 3.8) is 0 Å². The smallest absolute Gasteiger partial charge is 0.264 e. The molecule has 1 N–H and O–H groups in total. The van der Waals surface area contributed by atoms with E-state index in [2.05, 4.69) is 48.0 Å². The third-order valence-electron chi connectivity index (χ3n) is 4.05. The molecular weight excluding hydrogens is 308 g/mol. The molecule has 0 atom stereocenters. The van der Waals surface area contributed by atoms with Crippen LogP contribution in [0.4, 0.5) is 0 Å². The molecule has 1 amide bonds. The van der Waals surface area contributed by atoms with E-state index in [0.29, 0.717) is 29.7 Å². The van der Waals surface area contributed by atoms with Crippen molar-refractivity contribution < 1.29 is 4.79 Å². The molecule has 0 unspecified atom stereocenters. The number of rotatable bonds is 7. The Bertz CT molecular complexity index is 754. The molecule has 0 radical (unpaired) electrons. The van der Waals surface area contributed by atoms with Crippen LogP contribution in [0.5, 0.6) is 0 Å². The van der Waals surface area contributed by atoms with Gasteiger partial charge in [0.2, 0.25) is 5.91 Å². The monoisotopic (exact) mass is 334 g/mol. The lowest BCUT2D eigenvalue weighted by molar-refractivity contribution is -0.121. The number of aryl methyl sites for hydroxylation is 1. The van der Waals surface area contributed by atoms with Crippen LogP contribution in [0.2, 0.25) is 0 Å². The zero-order chi connectivity index (χ0) is 17.9. The van der Waals surface area contributed by atoms with Gasteiger partial charge in [0.25, 0.3) is 5.56 Å². The zero-order valence-corrected chi connectivity index (χ0v) is 15.0. The highest BCUT2D eigenvalue weighted by molar-refractivity contribution is 5.77. The molecule has 8 heteroatoms. The first-order valence-corrected chi connectivity index (χ1v) is 8.20. The van der Waals surface area contributed by atoms with Gasteiger partial charge in [-0.25, -0.2) is 4.98 Å². The molecule has 0 aliphatic heterocycles. The number of nitrogens with one attached hydrogen (secondary N) is 1. The number of aromatic nitrogens is 4. The Hall–Kier alpha value is -2.22. The lowest BCUT2D eigenvalue weighted by Gasteiger charge is -2.30. The SMILES string of the molecule is CC(C)N(CCNC(=O)Cn1cnc2c(cnn2C)c1=O)C(C)C. The fourth-order valence-corrected chi connectivity index (χ4v) is 2.83. The number of nitrogens with zero attached hydrogens (tertiary/aromatic N) is 5. The molecule has 2 rings (SSSR count). The topological polar surface area (TPSA) is 85.1 Å². The van der Waals surface area contributed by atoms with Crippen LogP contribution < -0.4 is 10.9 Å². The minimum atomic E-state index is -0.255. The predicted molar refractivity (Wildman–Crippen MR) is 92.8 cm³/mol. The molecule has 2 aromatic rings. The second-order valence-electron chi connectivity index (χ2n) is 6.46. The van der Waals surface area contributed by atoms with Gasteiger partial charge in [-0.1, -0.05) is 0 Å². The predicted octanol–water partition coefficient (Wildman–Crippen LogP) is 0.365. The molecule has 2 aromatic heterocycles. The van der Waals surface area contributed by atoms with Crippen LogP contribution in [0, 0.1) is 0 Å². The van der Waals surface area contributed by atoms with Crippen molar-refractivity contribution in [1.82, 2.24) is 29.5 Å². The average Bonchev–Trinajstić information content (AvgIpc) is 2.88. The number of carbonyl (C=O) groups excluding carboxylic acids is 1. The van der Waals surface area contributed by atoms with E-state index in [1.54, 1.807) is 7.05 Å². The molecule has 8 nitrogen and oxygen atoms in total. The van der Waals surface area contributed by atoms with Gasteiger partial charge in [-0.05, 0) is 27.7 Å². The summed E-state index contributed by atoms with van der Waals surface area (Å²) in [6.45, 7) is 9.82. The van der Waals surface area contributed by atoms with E-state index in [-0.39, 0.29) is 18.0 Å². The van der Waals surface area contributed by atoms with Crippen molar-refractivity contribution in [2.45, 2.75) is 46.3 Å². The van der Waals surface area contributed by atoms with Crippen molar-refractivity contribution in [1.29, 1.82) is 0 Å². The molecule has 2 heterocycles.